The lowest BCUT2D eigenvalue weighted by atomic mass is 10.1. The number of aromatic nitrogens is 2. The second-order valence-electron chi connectivity index (χ2n) is 9.34. The molecule has 188 valence electrons. The van der Waals surface area contributed by atoms with Crippen molar-refractivity contribution < 1.29 is 9.18 Å². The molecule has 0 aliphatic rings. The fourth-order valence-corrected chi connectivity index (χ4v) is 5.08. The molecule has 8 heteroatoms. The first-order valence-corrected chi connectivity index (χ1v) is 12.9. The first-order valence-electron chi connectivity index (χ1n) is 12.1. The van der Waals surface area contributed by atoms with E-state index in [0.717, 1.165) is 5.56 Å². The molecule has 0 spiro atoms. The highest BCUT2D eigenvalue weighted by molar-refractivity contribution is 8.00. The van der Waals surface area contributed by atoms with Crippen molar-refractivity contribution in [2.75, 3.05) is 6.54 Å². The van der Waals surface area contributed by atoms with E-state index in [-0.39, 0.29) is 23.3 Å². The molecular weight excluding hydrogens is 463 g/mol. The Kier molecular flexibility index (Phi) is 9.08. The van der Waals surface area contributed by atoms with Crippen molar-refractivity contribution in [1.82, 2.24) is 19.8 Å². The van der Waals surface area contributed by atoms with Crippen LogP contribution in [0.4, 0.5) is 4.39 Å². The Morgan fingerprint density at radius 3 is 2.29 bits per heavy atom. The number of nitrogens with zero attached hydrogens (tertiary/aromatic N) is 3. The number of benzene rings is 2. The molecule has 3 rings (SSSR count). The summed E-state index contributed by atoms with van der Waals surface area (Å²) < 4.78 is 14.9. The van der Waals surface area contributed by atoms with Crippen LogP contribution in [0.1, 0.15) is 53.1 Å². The molecule has 0 fully saturated rings. The van der Waals surface area contributed by atoms with Crippen LogP contribution in [0.25, 0.3) is 10.9 Å². The molecule has 0 radical (unpaired) electrons. The zero-order valence-corrected chi connectivity index (χ0v) is 22.1. The van der Waals surface area contributed by atoms with Gasteiger partial charge in [0.05, 0.1) is 22.2 Å². The number of fused-ring (bicyclic) bond motifs is 1. The van der Waals surface area contributed by atoms with Gasteiger partial charge < -0.3 is 5.32 Å². The van der Waals surface area contributed by atoms with Gasteiger partial charge in [0.2, 0.25) is 5.91 Å². The van der Waals surface area contributed by atoms with Crippen LogP contribution in [0.3, 0.4) is 0 Å². The highest BCUT2D eigenvalue weighted by atomic mass is 32.2. The fourth-order valence-electron chi connectivity index (χ4n) is 4.14. The summed E-state index contributed by atoms with van der Waals surface area (Å²) in [7, 11) is 0. The van der Waals surface area contributed by atoms with Gasteiger partial charge in [-0.05, 0) is 71.4 Å². The molecule has 0 aliphatic carbocycles. The Labute approximate surface area is 210 Å². The van der Waals surface area contributed by atoms with Crippen LogP contribution < -0.4 is 10.9 Å². The summed E-state index contributed by atoms with van der Waals surface area (Å²) in [6.45, 7) is 13.4. The Morgan fingerprint density at radius 1 is 1.03 bits per heavy atom. The first-order chi connectivity index (χ1) is 16.6. The zero-order chi connectivity index (χ0) is 25.7. The number of halogens is 1. The zero-order valence-electron chi connectivity index (χ0n) is 21.3. The lowest BCUT2D eigenvalue weighted by Gasteiger charge is -2.31. The minimum Gasteiger partial charge on any atom is -0.349 e. The van der Waals surface area contributed by atoms with E-state index < -0.39 is 5.25 Å². The Balaban J connectivity index is 1.84. The lowest BCUT2D eigenvalue weighted by Crippen LogP contribution is -2.41. The highest BCUT2D eigenvalue weighted by Gasteiger charge is 2.22. The van der Waals surface area contributed by atoms with Crippen molar-refractivity contribution in [2.24, 2.45) is 0 Å². The standard InChI is InChI=1S/C27H35FN4O2S/c1-17(2)31(18(3)4)15-16-32-26(34)23-9-7-8-10-24(23)30-27(32)35-20(6)25(33)29-19(5)21-11-13-22(28)14-12-21/h7-14,17-20H,15-16H2,1-6H3,(H,29,33). The Bertz CT molecular complexity index is 1200. The summed E-state index contributed by atoms with van der Waals surface area (Å²) in [5.74, 6) is -0.489. The third-order valence-electron chi connectivity index (χ3n) is 6.12. The van der Waals surface area contributed by atoms with E-state index in [1.807, 2.05) is 25.1 Å². The summed E-state index contributed by atoms with van der Waals surface area (Å²) in [4.78, 5) is 33.5. The number of amides is 1. The maximum absolute atomic E-state index is 13.4. The monoisotopic (exact) mass is 498 g/mol. The molecule has 1 aromatic heterocycles. The molecular formula is C27H35FN4O2S. The van der Waals surface area contributed by atoms with E-state index in [1.54, 1.807) is 29.7 Å². The van der Waals surface area contributed by atoms with E-state index in [1.165, 1.54) is 23.9 Å². The van der Waals surface area contributed by atoms with Crippen molar-refractivity contribution in [2.45, 2.75) is 76.6 Å². The van der Waals surface area contributed by atoms with E-state index in [4.69, 9.17) is 4.98 Å². The van der Waals surface area contributed by atoms with E-state index >= 15 is 0 Å². The van der Waals surface area contributed by atoms with Crippen molar-refractivity contribution in [3.8, 4) is 0 Å². The van der Waals surface area contributed by atoms with Gasteiger partial charge in [-0.1, -0.05) is 36.0 Å². The molecule has 2 unspecified atom stereocenters. The molecule has 2 aromatic carbocycles. The molecule has 1 heterocycles. The fraction of sp³-hybridized carbons (Fsp3) is 0.444. The second kappa shape index (κ2) is 11.8. The number of para-hydroxylation sites is 1. The van der Waals surface area contributed by atoms with Gasteiger partial charge in [-0.25, -0.2) is 9.37 Å². The second-order valence-corrected chi connectivity index (χ2v) is 10.6. The molecule has 0 aliphatic heterocycles. The largest absolute Gasteiger partial charge is 0.349 e. The first kappa shape index (κ1) is 26.9. The molecule has 0 bridgehead atoms. The van der Waals surface area contributed by atoms with Crippen LogP contribution in [-0.2, 0) is 11.3 Å². The summed E-state index contributed by atoms with van der Waals surface area (Å²) in [5, 5.41) is 3.59. The van der Waals surface area contributed by atoms with Crippen LogP contribution in [0.5, 0.6) is 0 Å². The number of carbonyl (C=O) groups is 1. The Morgan fingerprint density at radius 2 is 1.66 bits per heavy atom. The van der Waals surface area contributed by atoms with Gasteiger partial charge in [0.25, 0.3) is 5.56 Å². The van der Waals surface area contributed by atoms with Gasteiger partial charge in [-0.3, -0.25) is 19.1 Å². The van der Waals surface area contributed by atoms with Crippen LogP contribution in [0.2, 0.25) is 0 Å². The molecule has 3 aromatic rings. The predicted octanol–water partition coefficient (Wildman–Crippen LogP) is 5.01. The summed E-state index contributed by atoms with van der Waals surface area (Å²) in [6, 6.07) is 13.8. The maximum atomic E-state index is 13.4. The third kappa shape index (κ3) is 6.70. The van der Waals surface area contributed by atoms with Gasteiger partial charge in [0.15, 0.2) is 5.16 Å². The maximum Gasteiger partial charge on any atom is 0.262 e. The van der Waals surface area contributed by atoms with Gasteiger partial charge in [0, 0.05) is 25.2 Å². The average Bonchev–Trinajstić information content (AvgIpc) is 2.80. The third-order valence-corrected chi connectivity index (χ3v) is 7.21. The number of nitrogens with one attached hydrogen (secondary N) is 1. The number of rotatable bonds is 10. The summed E-state index contributed by atoms with van der Waals surface area (Å²) >= 11 is 1.28. The average molecular weight is 499 g/mol. The van der Waals surface area contributed by atoms with Crippen LogP contribution in [0, 0.1) is 5.82 Å². The summed E-state index contributed by atoms with van der Waals surface area (Å²) in [6.07, 6.45) is 0. The molecule has 35 heavy (non-hydrogen) atoms. The SMILES string of the molecule is CC(Sc1nc2ccccc2c(=O)n1CCN(C(C)C)C(C)C)C(=O)NC(C)c1ccc(F)cc1. The molecule has 6 nitrogen and oxygen atoms in total. The summed E-state index contributed by atoms with van der Waals surface area (Å²) in [5.41, 5.74) is 1.34. The van der Waals surface area contributed by atoms with Crippen molar-refractivity contribution >= 4 is 28.6 Å². The number of hydrogen-bond acceptors (Lipinski definition) is 5. The van der Waals surface area contributed by atoms with Crippen LogP contribution in [-0.4, -0.2) is 44.2 Å². The minimum absolute atomic E-state index is 0.0992. The topological polar surface area (TPSA) is 67.2 Å². The smallest absolute Gasteiger partial charge is 0.262 e. The van der Waals surface area contributed by atoms with Crippen molar-refractivity contribution in [3.63, 3.8) is 0 Å². The predicted molar refractivity (Wildman–Crippen MR) is 141 cm³/mol. The highest BCUT2D eigenvalue weighted by Crippen LogP contribution is 2.24. The van der Waals surface area contributed by atoms with E-state index in [0.29, 0.717) is 41.2 Å². The van der Waals surface area contributed by atoms with E-state index in [9.17, 15) is 14.0 Å². The van der Waals surface area contributed by atoms with Gasteiger partial charge >= 0.3 is 0 Å². The number of thioether (sulfide) groups is 1. The van der Waals surface area contributed by atoms with Crippen molar-refractivity contribution in [1.29, 1.82) is 0 Å². The molecule has 0 saturated carbocycles. The van der Waals surface area contributed by atoms with Gasteiger partial charge in [-0.2, -0.15) is 0 Å². The van der Waals surface area contributed by atoms with Crippen LogP contribution >= 0.6 is 11.8 Å². The van der Waals surface area contributed by atoms with Gasteiger partial charge in [-0.15, -0.1) is 0 Å². The number of carbonyl (C=O) groups excluding carboxylic acids is 1. The lowest BCUT2D eigenvalue weighted by molar-refractivity contribution is -0.120. The van der Waals surface area contributed by atoms with E-state index in [2.05, 4.69) is 37.9 Å². The normalized spacial score (nSPS) is 13.5. The quantitative estimate of drug-likeness (QED) is 0.314. The van der Waals surface area contributed by atoms with Crippen LogP contribution in [0.15, 0.2) is 58.5 Å². The molecule has 2 atom stereocenters. The number of hydrogen-bond donors (Lipinski definition) is 1. The molecule has 0 saturated heterocycles. The van der Waals surface area contributed by atoms with Gasteiger partial charge in [0.1, 0.15) is 5.82 Å². The Hall–Kier alpha value is -2.71. The molecule has 1 amide bonds. The van der Waals surface area contributed by atoms with Crippen molar-refractivity contribution in [3.05, 3.63) is 70.3 Å². The molecule has 1 N–H and O–H groups in total. The minimum atomic E-state index is -0.483.